The minimum atomic E-state index is -0.462. The van der Waals surface area contributed by atoms with Crippen LogP contribution in [0.15, 0.2) is 66.2 Å². The lowest BCUT2D eigenvalue weighted by atomic mass is 10.1. The molecular weight excluding hydrogens is 400 g/mol. The lowest BCUT2D eigenvalue weighted by Gasteiger charge is -2.12. The highest BCUT2D eigenvalue weighted by molar-refractivity contribution is 6.10. The van der Waals surface area contributed by atoms with Crippen LogP contribution in [0.4, 0.5) is 5.69 Å². The van der Waals surface area contributed by atoms with Gasteiger partial charge in [-0.3, -0.25) is 4.79 Å². The number of para-hydroxylation sites is 1. The molecule has 0 saturated heterocycles. The Balaban J connectivity index is 1.77. The van der Waals surface area contributed by atoms with E-state index in [2.05, 4.69) is 37.4 Å². The molecule has 1 amide bonds. The number of methoxy groups -OCH3 is 1. The highest BCUT2D eigenvalue weighted by atomic mass is 16.5. The van der Waals surface area contributed by atoms with Crippen LogP contribution in [-0.4, -0.2) is 13.0 Å². The van der Waals surface area contributed by atoms with Crippen LogP contribution in [0.1, 0.15) is 27.8 Å². The minimum Gasteiger partial charge on any atom is -0.493 e. The van der Waals surface area contributed by atoms with Gasteiger partial charge in [0.05, 0.1) is 7.11 Å². The summed E-state index contributed by atoms with van der Waals surface area (Å²) in [6.07, 6.45) is 1.53. The summed E-state index contributed by atoms with van der Waals surface area (Å²) in [5.41, 5.74) is 5.70. The van der Waals surface area contributed by atoms with Crippen molar-refractivity contribution in [3.63, 3.8) is 0 Å². The summed E-state index contributed by atoms with van der Waals surface area (Å²) in [5.74, 6) is 0.655. The molecule has 0 unspecified atom stereocenters. The van der Waals surface area contributed by atoms with Crippen molar-refractivity contribution in [2.24, 2.45) is 0 Å². The second-order valence-corrected chi connectivity index (χ2v) is 7.63. The third-order valence-electron chi connectivity index (χ3n) is 4.93. The zero-order valence-electron chi connectivity index (χ0n) is 18.7. The lowest BCUT2D eigenvalue weighted by molar-refractivity contribution is -0.112. The smallest absolute Gasteiger partial charge is 0.266 e. The van der Waals surface area contributed by atoms with Crippen molar-refractivity contribution >= 4 is 17.7 Å². The molecular formula is C27H26N2O3. The first-order valence-electron chi connectivity index (χ1n) is 10.3. The molecule has 0 spiro atoms. The van der Waals surface area contributed by atoms with Crippen LogP contribution in [0.25, 0.3) is 6.08 Å². The summed E-state index contributed by atoms with van der Waals surface area (Å²) in [5, 5.41) is 12.3. The van der Waals surface area contributed by atoms with E-state index in [-0.39, 0.29) is 5.57 Å². The third kappa shape index (κ3) is 5.77. The molecule has 0 saturated carbocycles. The van der Waals surface area contributed by atoms with Gasteiger partial charge in [0, 0.05) is 5.69 Å². The van der Waals surface area contributed by atoms with Gasteiger partial charge in [-0.25, -0.2) is 0 Å². The number of carbonyl (C=O) groups is 1. The fraction of sp³-hybridized carbons (Fsp3) is 0.185. The predicted molar refractivity (Wildman–Crippen MR) is 127 cm³/mol. The topological polar surface area (TPSA) is 71.3 Å². The van der Waals surface area contributed by atoms with Crippen molar-refractivity contribution in [2.45, 2.75) is 27.4 Å². The Labute approximate surface area is 188 Å². The maximum atomic E-state index is 12.6. The van der Waals surface area contributed by atoms with Gasteiger partial charge in [0.1, 0.15) is 18.2 Å². The van der Waals surface area contributed by atoms with Gasteiger partial charge in [-0.2, -0.15) is 5.26 Å². The average molecular weight is 427 g/mol. The number of amides is 1. The molecule has 3 aromatic rings. The first-order chi connectivity index (χ1) is 15.4. The molecule has 0 aromatic heterocycles. The molecule has 3 aromatic carbocycles. The predicted octanol–water partition coefficient (Wildman–Crippen LogP) is 5.75. The number of nitriles is 1. The first-order valence-corrected chi connectivity index (χ1v) is 10.3. The first kappa shape index (κ1) is 22.6. The van der Waals surface area contributed by atoms with Gasteiger partial charge in [0.2, 0.25) is 0 Å². The van der Waals surface area contributed by atoms with Crippen LogP contribution in [-0.2, 0) is 11.4 Å². The number of hydrogen-bond acceptors (Lipinski definition) is 4. The minimum absolute atomic E-state index is 0.000731. The van der Waals surface area contributed by atoms with E-state index in [0.29, 0.717) is 29.4 Å². The van der Waals surface area contributed by atoms with Crippen molar-refractivity contribution in [2.75, 3.05) is 12.4 Å². The lowest BCUT2D eigenvalue weighted by Crippen LogP contribution is -2.14. The molecule has 3 rings (SSSR count). The van der Waals surface area contributed by atoms with Crippen molar-refractivity contribution in [1.82, 2.24) is 0 Å². The van der Waals surface area contributed by atoms with E-state index >= 15 is 0 Å². The SMILES string of the molecule is COc1cc(/C=C(\C#N)C(=O)Nc2ccccc2C)ccc1OCc1cc(C)cc(C)c1. The summed E-state index contributed by atoms with van der Waals surface area (Å²) >= 11 is 0. The number of carbonyl (C=O) groups excluding carboxylic acids is 1. The van der Waals surface area contributed by atoms with Gasteiger partial charge in [-0.1, -0.05) is 53.6 Å². The maximum absolute atomic E-state index is 12.6. The van der Waals surface area contributed by atoms with E-state index in [1.54, 1.807) is 31.4 Å². The Morgan fingerprint density at radius 3 is 2.38 bits per heavy atom. The number of benzene rings is 3. The number of rotatable bonds is 7. The van der Waals surface area contributed by atoms with Crippen LogP contribution < -0.4 is 14.8 Å². The van der Waals surface area contributed by atoms with E-state index in [0.717, 1.165) is 11.1 Å². The van der Waals surface area contributed by atoms with Crippen molar-refractivity contribution in [1.29, 1.82) is 5.26 Å². The molecule has 0 fully saturated rings. The second kappa shape index (κ2) is 10.3. The molecule has 0 radical (unpaired) electrons. The zero-order valence-corrected chi connectivity index (χ0v) is 18.7. The van der Waals surface area contributed by atoms with Crippen LogP contribution in [0.2, 0.25) is 0 Å². The summed E-state index contributed by atoms with van der Waals surface area (Å²) in [6.45, 7) is 6.42. The number of ether oxygens (including phenoxy) is 2. The van der Waals surface area contributed by atoms with Crippen molar-refractivity contribution < 1.29 is 14.3 Å². The Morgan fingerprint density at radius 1 is 1.00 bits per heavy atom. The molecule has 5 heteroatoms. The van der Waals surface area contributed by atoms with Gasteiger partial charge >= 0.3 is 0 Å². The Hall–Kier alpha value is -4.04. The highest BCUT2D eigenvalue weighted by Crippen LogP contribution is 2.30. The van der Waals surface area contributed by atoms with E-state index in [1.165, 1.54) is 17.2 Å². The summed E-state index contributed by atoms with van der Waals surface area (Å²) in [7, 11) is 1.56. The monoisotopic (exact) mass is 426 g/mol. The fourth-order valence-electron chi connectivity index (χ4n) is 3.42. The van der Waals surface area contributed by atoms with Crippen LogP contribution in [0.5, 0.6) is 11.5 Å². The molecule has 0 aliphatic carbocycles. The van der Waals surface area contributed by atoms with Crippen LogP contribution in [0.3, 0.4) is 0 Å². The normalized spacial score (nSPS) is 10.9. The Morgan fingerprint density at radius 2 is 1.72 bits per heavy atom. The molecule has 5 nitrogen and oxygen atoms in total. The molecule has 0 heterocycles. The van der Waals surface area contributed by atoms with Gasteiger partial charge in [0.25, 0.3) is 5.91 Å². The molecule has 32 heavy (non-hydrogen) atoms. The summed E-state index contributed by atoms with van der Waals surface area (Å²) < 4.78 is 11.4. The largest absolute Gasteiger partial charge is 0.493 e. The third-order valence-corrected chi connectivity index (χ3v) is 4.93. The van der Waals surface area contributed by atoms with Gasteiger partial charge in [0.15, 0.2) is 11.5 Å². The van der Waals surface area contributed by atoms with E-state index in [9.17, 15) is 10.1 Å². The Kier molecular flexibility index (Phi) is 7.30. The molecule has 0 bridgehead atoms. The quantitative estimate of drug-likeness (QED) is 0.386. The van der Waals surface area contributed by atoms with Crippen LogP contribution >= 0.6 is 0 Å². The van der Waals surface area contributed by atoms with E-state index in [4.69, 9.17) is 9.47 Å². The second-order valence-electron chi connectivity index (χ2n) is 7.63. The van der Waals surface area contributed by atoms with Gasteiger partial charge in [-0.15, -0.1) is 0 Å². The van der Waals surface area contributed by atoms with Gasteiger partial charge in [-0.05, 0) is 61.7 Å². The fourth-order valence-corrected chi connectivity index (χ4v) is 3.42. The number of aryl methyl sites for hydroxylation is 3. The molecule has 162 valence electrons. The molecule has 0 aliphatic heterocycles. The molecule has 0 atom stereocenters. The number of hydrogen-bond donors (Lipinski definition) is 1. The standard InChI is InChI=1S/C27H26N2O3/c1-18-11-19(2)13-22(12-18)17-32-25-10-9-21(15-26(25)31-4)14-23(16-28)27(30)29-24-8-6-5-7-20(24)3/h5-15H,17H2,1-4H3,(H,29,30)/b23-14+. The maximum Gasteiger partial charge on any atom is 0.266 e. The number of nitrogens with zero attached hydrogens (tertiary/aromatic N) is 1. The average Bonchev–Trinajstić information content (AvgIpc) is 2.77. The number of nitrogens with one attached hydrogen (secondary N) is 1. The highest BCUT2D eigenvalue weighted by Gasteiger charge is 2.12. The van der Waals surface area contributed by atoms with Crippen molar-refractivity contribution in [3.05, 3.63) is 94.1 Å². The number of anilines is 1. The summed E-state index contributed by atoms with van der Waals surface area (Å²) in [6, 6.07) is 21.0. The molecule has 0 aliphatic rings. The van der Waals surface area contributed by atoms with E-state index < -0.39 is 5.91 Å². The zero-order chi connectivity index (χ0) is 23.1. The molecule has 1 N–H and O–H groups in total. The van der Waals surface area contributed by atoms with E-state index in [1.807, 2.05) is 31.2 Å². The van der Waals surface area contributed by atoms with Gasteiger partial charge < -0.3 is 14.8 Å². The van der Waals surface area contributed by atoms with Crippen LogP contribution in [0, 0.1) is 32.1 Å². The Bertz CT molecular complexity index is 1190. The summed E-state index contributed by atoms with van der Waals surface area (Å²) in [4.78, 5) is 12.6. The van der Waals surface area contributed by atoms with Crippen molar-refractivity contribution in [3.8, 4) is 17.6 Å².